The molecule has 2 aromatic rings. The summed E-state index contributed by atoms with van der Waals surface area (Å²) in [5.41, 5.74) is 0.688. The van der Waals surface area contributed by atoms with E-state index in [2.05, 4.69) is 0 Å². The second kappa shape index (κ2) is 2.80. The average Bonchev–Trinajstić information content (AvgIpc) is 2.61. The predicted octanol–water partition coefficient (Wildman–Crippen LogP) is 2.59. The molecule has 2 rings (SSSR count). The largest absolute Gasteiger partial charge is 0.298 e. The Kier molecular flexibility index (Phi) is 1.78. The maximum absolute atomic E-state index is 10.5. The molecule has 0 fully saturated rings. The van der Waals surface area contributed by atoms with Crippen LogP contribution in [-0.4, -0.2) is 12.6 Å². The fourth-order valence-electron chi connectivity index (χ4n) is 1.00. The molecule has 2 heterocycles. The number of thiophene rings is 2. The van der Waals surface area contributed by atoms with Crippen LogP contribution in [0.5, 0.6) is 0 Å². The Balaban J connectivity index is 2.75. The molecular weight excluding hydrogens is 192 g/mol. The van der Waals surface area contributed by atoms with Crippen molar-refractivity contribution in [2.24, 2.45) is 0 Å². The van der Waals surface area contributed by atoms with E-state index >= 15 is 0 Å². The van der Waals surface area contributed by atoms with Crippen molar-refractivity contribution in [3.63, 3.8) is 0 Å². The van der Waals surface area contributed by atoms with Crippen molar-refractivity contribution in [1.29, 1.82) is 0 Å². The first-order valence-electron chi connectivity index (χ1n) is 3.26. The van der Waals surface area contributed by atoms with E-state index in [4.69, 9.17) is 0 Å². The maximum atomic E-state index is 10.5. The van der Waals surface area contributed by atoms with Gasteiger partial charge in [-0.1, -0.05) is 0 Å². The van der Waals surface area contributed by atoms with Crippen molar-refractivity contribution in [2.45, 2.75) is 0 Å². The van der Waals surface area contributed by atoms with Gasteiger partial charge in [-0.25, -0.2) is 0 Å². The minimum atomic E-state index is 0.681. The molecule has 0 spiro atoms. The van der Waals surface area contributed by atoms with Crippen LogP contribution < -0.4 is 0 Å². The van der Waals surface area contributed by atoms with Gasteiger partial charge in [0.25, 0.3) is 0 Å². The van der Waals surface area contributed by atoms with Gasteiger partial charge in [0.2, 0.25) is 0 Å². The molecule has 0 aliphatic heterocycles. The molecule has 0 unspecified atom stereocenters. The zero-order valence-corrected chi connectivity index (χ0v) is 7.58. The third-order valence-electron chi connectivity index (χ3n) is 1.54. The summed E-state index contributed by atoms with van der Waals surface area (Å²) in [5, 5.41) is 1.81. The highest BCUT2D eigenvalue weighted by Crippen LogP contribution is 2.32. The lowest BCUT2D eigenvalue weighted by Crippen LogP contribution is -1.68. The molecule has 12 heavy (non-hydrogen) atoms. The zero-order valence-electron chi connectivity index (χ0n) is 5.94. The molecule has 4 heteroatoms. The van der Waals surface area contributed by atoms with Crippen molar-refractivity contribution < 1.29 is 9.59 Å². The number of rotatable bonds is 2. The van der Waals surface area contributed by atoms with Crippen molar-refractivity contribution >= 4 is 44.6 Å². The number of hydrogen-bond donors (Lipinski definition) is 0. The molecule has 60 valence electrons. The third-order valence-corrected chi connectivity index (χ3v) is 3.72. The van der Waals surface area contributed by atoms with Crippen LogP contribution in [0, 0.1) is 0 Å². The predicted molar refractivity (Wildman–Crippen MR) is 50.5 cm³/mol. The van der Waals surface area contributed by atoms with Gasteiger partial charge in [-0.15, -0.1) is 22.7 Å². The molecule has 0 atom stereocenters. The Morgan fingerprint density at radius 2 is 2.08 bits per heavy atom. The van der Waals surface area contributed by atoms with E-state index in [1.165, 1.54) is 22.7 Å². The highest BCUT2D eigenvalue weighted by molar-refractivity contribution is 7.28. The number of carbonyl (C=O) groups is 2. The van der Waals surface area contributed by atoms with E-state index < -0.39 is 0 Å². The first kappa shape index (κ1) is 7.64. The number of hydrogen-bond acceptors (Lipinski definition) is 4. The van der Waals surface area contributed by atoms with E-state index in [1.54, 1.807) is 0 Å². The molecular formula is C8H4O2S2. The summed E-state index contributed by atoms with van der Waals surface area (Å²) >= 11 is 2.86. The van der Waals surface area contributed by atoms with Crippen molar-refractivity contribution in [2.75, 3.05) is 0 Å². The van der Waals surface area contributed by atoms with Crippen molar-refractivity contribution in [3.8, 4) is 0 Å². The van der Waals surface area contributed by atoms with Crippen LogP contribution in [0.2, 0.25) is 0 Å². The molecule has 0 N–H and O–H groups in total. The lowest BCUT2D eigenvalue weighted by molar-refractivity contribution is 0.111. The van der Waals surface area contributed by atoms with E-state index in [0.717, 1.165) is 22.0 Å². The lowest BCUT2D eigenvalue weighted by Gasteiger charge is -1.77. The summed E-state index contributed by atoms with van der Waals surface area (Å²) in [6.45, 7) is 0. The fraction of sp³-hybridized carbons (Fsp3) is 0. The summed E-state index contributed by atoms with van der Waals surface area (Å²) in [7, 11) is 0. The quantitative estimate of drug-likeness (QED) is 0.692. The minimum absolute atomic E-state index is 0.681. The first-order valence-corrected chi connectivity index (χ1v) is 4.96. The molecule has 0 bridgehead atoms. The lowest BCUT2D eigenvalue weighted by atomic mass is 10.3. The molecule has 0 aliphatic rings. The Hall–Kier alpha value is -1.00. The Bertz CT molecular complexity index is 439. The van der Waals surface area contributed by atoms with E-state index in [1.807, 2.05) is 11.4 Å². The first-order chi connectivity index (χ1) is 5.85. The van der Waals surface area contributed by atoms with Crippen LogP contribution >= 0.6 is 22.7 Å². The highest BCUT2D eigenvalue weighted by atomic mass is 32.1. The summed E-state index contributed by atoms with van der Waals surface area (Å²) in [6.07, 6.45) is 1.63. The van der Waals surface area contributed by atoms with Gasteiger partial charge >= 0.3 is 0 Å². The molecule has 0 amide bonds. The van der Waals surface area contributed by atoms with Crippen LogP contribution in [0.4, 0.5) is 0 Å². The molecule has 0 aliphatic carbocycles. The highest BCUT2D eigenvalue weighted by Gasteiger charge is 2.06. The maximum Gasteiger partial charge on any atom is 0.160 e. The Morgan fingerprint density at radius 3 is 2.75 bits per heavy atom. The van der Waals surface area contributed by atoms with E-state index in [-0.39, 0.29) is 0 Å². The van der Waals surface area contributed by atoms with Crippen LogP contribution in [0.1, 0.15) is 20.0 Å². The van der Waals surface area contributed by atoms with Crippen LogP contribution in [0.15, 0.2) is 11.4 Å². The van der Waals surface area contributed by atoms with E-state index in [0.29, 0.717) is 10.4 Å². The third kappa shape index (κ3) is 1.00. The molecule has 0 radical (unpaired) electrons. The van der Waals surface area contributed by atoms with Gasteiger partial charge in [-0.2, -0.15) is 0 Å². The van der Waals surface area contributed by atoms with Gasteiger partial charge < -0.3 is 0 Å². The monoisotopic (exact) mass is 196 g/mol. The van der Waals surface area contributed by atoms with Gasteiger partial charge in [-0.3, -0.25) is 9.59 Å². The van der Waals surface area contributed by atoms with Gasteiger partial charge in [0.15, 0.2) is 12.6 Å². The molecule has 0 aromatic carbocycles. The smallest absolute Gasteiger partial charge is 0.160 e. The summed E-state index contributed by atoms with van der Waals surface area (Å²) in [6, 6.07) is 1.81. The molecule has 2 nitrogen and oxygen atoms in total. The summed E-state index contributed by atoms with van der Waals surface area (Å²) < 4.78 is 1.95. The Morgan fingerprint density at radius 1 is 1.25 bits per heavy atom. The van der Waals surface area contributed by atoms with Gasteiger partial charge in [-0.05, 0) is 6.07 Å². The molecule has 0 saturated carbocycles. The van der Waals surface area contributed by atoms with Gasteiger partial charge in [0, 0.05) is 15.6 Å². The Labute approximate surface area is 76.4 Å². The number of fused-ring (bicyclic) bond motifs is 1. The van der Waals surface area contributed by atoms with Gasteiger partial charge in [0.05, 0.1) is 9.58 Å². The second-order valence-electron chi connectivity index (χ2n) is 2.27. The average molecular weight is 196 g/mol. The normalized spacial score (nSPS) is 10.3. The number of carbonyl (C=O) groups excluding carboxylic acids is 2. The zero-order chi connectivity index (χ0) is 8.55. The topological polar surface area (TPSA) is 34.1 Å². The molecule has 2 aromatic heterocycles. The van der Waals surface area contributed by atoms with Gasteiger partial charge in [0.1, 0.15) is 0 Å². The molecule has 0 saturated heterocycles. The van der Waals surface area contributed by atoms with Crippen LogP contribution in [0.3, 0.4) is 0 Å². The minimum Gasteiger partial charge on any atom is -0.298 e. The van der Waals surface area contributed by atoms with Crippen molar-refractivity contribution in [3.05, 3.63) is 21.9 Å². The van der Waals surface area contributed by atoms with Crippen molar-refractivity contribution in [1.82, 2.24) is 0 Å². The SMILES string of the molecule is O=Cc1cc2scc(C=O)c2s1. The fourth-order valence-corrected chi connectivity index (χ4v) is 3.11. The van der Waals surface area contributed by atoms with Crippen LogP contribution in [-0.2, 0) is 0 Å². The summed E-state index contributed by atoms with van der Waals surface area (Å²) in [5.74, 6) is 0. The summed E-state index contributed by atoms with van der Waals surface area (Å²) in [4.78, 5) is 21.6. The van der Waals surface area contributed by atoms with Crippen LogP contribution in [0.25, 0.3) is 9.40 Å². The standard InChI is InChI=1S/C8H4O2S2/c9-2-5-4-11-7-1-6(3-10)12-8(5)7/h1-4H. The number of aldehydes is 2. The second-order valence-corrected chi connectivity index (χ2v) is 4.26. The van der Waals surface area contributed by atoms with E-state index in [9.17, 15) is 9.59 Å².